The minimum atomic E-state index is -0.532. The van der Waals surface area contributed by atoms with E-state index in [1.54, 1.807) is 14.2 Å². The van der Waals surface area contributed by atoms with Crippen LogP contribution in [0.25, 0.3) is 17.1 Å². The second-order valence-electron chi connectivity index (χ2n) is 7.44. The van der Waals surface area contributed by atoms with Gasteiger partial charge in [0.1, 0.15) is 17.1 Å². The number of rotatable bonds is 7. The van der Waals surface area contributed by atoms with E-state index in [9.17, 15) is 4.79 Å². The van der Waals surface area contributed by atoms with Gasteiger partial charge in [-0.05, 0) is 69.3 Å². The molecule has 0 fully saturated rings. The summed E-state index contributed by atoms with van der Waals surface area (Å²) in [5.74, 6) is 2.00. The fourth-order valence-electron chi connectivity index (χ4n) is 2.75. The van der Waals surface area contributed by atoms with Crippen LogP contribution in [0.1, 0.15) is 20.8 Å². The van der Waals surface area contributed by atoms with Crippen molar-refractivity contribution >= 4 is 17.7 Å². The predicted octanol–water partition coefficient (Wildman–Crippen LogP) is 4.39. The normalized spacial score (nSPS) is 11.2. The molecule has 1 heterocycles. The molecule has 3 rings (SSSR count). The van der Waals surface area contributed by atoms with Crippen molar-refractivity contribution in [2.75, 3.05) is 20.0 Å². The summed E-state index contributed by atoms with van der Waals surface area (Å²) < 4.78 is 17.8. The number of thioether (sulfide) groups is 1. The van der Waals surface area contributed by atoms with Crippen LogP contribution in [0.4, 0.5) is 0 Å². The Hall–Kier alpha value is -3.00. The molecule has 0 saturated heterocycles. The van der Waals surface area contributed by atoms with Crippen LogP contribution in [0.3, 0.4) is 0 Å². The monoisotopic (exact) mass is 427 g/mol. The number of esters is 1. The molecule has 0 spiro atoms. The van der Waals surface area contributed by atoms with Crippen molar-refractivity contribution in [1.82, 2.24) is 14.8 Å². The van der Waals surface area contributed by atoms with Gasteiger partial charge in [0.15, 0.2) is 11.0 Å². The van der Waals surface area contributed by atoms with E-state index in [1.165, 1.54) is 11.8 Å². The number of aromatic nitrogens is 3. The van der Waals surface area contributed by atoms with Crippen molar-refractivity contribution in [1.29, 1.82) is 0 Å². The fourth-order valence-corrected chi connectivity index (χ4v) is 3.47. The zero-order chi connectivity index (χ0) is 21.7. The van der Waals surface area contributed by atoms with E-state index in [0.717, 1.165) is 22.7 Å². The minimum absolute atomic E-state index is 0.133. The summed E-state index contributed by atoms with van der Waals surface area (Å²) in [4.78, 5) is 12.2. The van der Waals surface area contributed by atoms with E-state index < -0.39 is 5.60 Å². The third kappa shape index (κ3) is 5.33. The van der Waals surface area contributed by atoms with Crippen LogP contribution < -0.4 is 9.47 Å². The zero-order valence-corrected chi connectivity index (χ0v) is 18.5. The number of carbonyl (C=O) groups is 1. The molecule has 0 N–H and O–H groups in total. The van der Waals surface area contributed by atoms with Crippen LogP contribution in [-0.4, -0.2) is 46.3 Å². The number of carbonyl (C=O) groups excluding carboxylic acids is 1. The van der Waals surface area contributed by atoms with Gasteiger partial charge < -0.3 is 14.2 Å². The first-order chi connectivity index (χ1) is 14.3. The summed E-state index contributed by atoms with van der Waals surface area (Å²) in [5.41, 5.74) is 1.21. The highest BCUT2D eigenvalue weighted by Gasteiger charge is 2.20. The van der Waals surface area contributed by atoms with Crippen molar-refractivity contribution < 1.29 is 19.0 Å². The van der Waals surface area contributed by atoms with E-state index in [4.69, 9.17) is 14.2 Å². The van der Waals surface area contributed by atoms with Crippen molar-refractivity contribution in [2.24, 2.45) is 0 Å². The topological polar surface area (TPSA) is 75.5 Å². The lowest BCUT2D eigenvalue weighted by Crippen LogP contribution is -2.25. The molecule has 0 amide bonds. The highest BCUT2D eigenvalue weighted by molar-refractivity contribution is 7.99. The lowest BCUT2D eigenvalue weighted by Gasteiger charge is -2.19. The molecule has 2 aromatic carbocycles. The van der Waals surface area contributed by atoms with E-state index in [0.29, 0.717) is 11.0 Å². The largest absolute Gasteiger partial charge is 0.497 e. The SMILES string of the molecule is COc1ccc(-c2nnc(SCC(=O)OC(C)(C)C)n2-c2ccc(OC)cc2)cc1. The van der Waals surface area contributed by atoms with Gasteiger partial charge in [0.25, 0.3) is 0 Å². The Morgan fingerprint density at radius 2 is 1.50 bits per heavy atom. The van der Waals surface area contributed by atoms with Gasteiger partial charge >= 0.3 is 5.97 Å². The summed E-state index contributed by atoms with van der Waals surface area (Å²) in [5, 5.41) is 9.30. The van der Waals surface area contributed by atoms with Crippen LogP contribution in [0.2, 0.25) is 0 Å². The first-order valence-electron chi connectivity index (χ1n) is 9.39. The lowest BCUT2D eigenvalue weighted by atomic mass is 10.2. The Morgan fingerprint density at radius 1 is 0.933 bits per heavy atom. The van der Waals surface area contributed by atoms with Gasteiger partial charge in [-0.15, -0.1) is 10.2 Å². The van der Waals surface area contributed by atoms with Crippen LogP contribution in [0, 0.1) is 0 Å². The van der Waals surface area contributed by atoms with E-state index in [1.807, 2.05) is 73.9 Å². The zero-order valence-electron chi connectivity index (χ0n) is 17.7. The van der Waals surface area contributed by atoms with E-state index in [-0.39, 0.29) is 11.7 Å². The van der Waals surface area contributed by atoms with Crippen LogP contribution in [0.5, 0.6) is 11.5 Å². The molecule has 0 aliphatic carbocycles. The maximum atomic E-state index is 12.2. The van der Waals surface area contributed by atoms with Crippen molar-refractivity contribution in [3.05, 3.63) is 48.5 Å². The Kier molecular flexibility index (Phi) is 6.66. The van der Waals surface area contributed by atoms with Crippen LogP contribution in [0.15, 0.2) is 53.7 Å². The molecular formula is C22H25N3O4S. The minimum Gasteiger partial charge on any atom is -0.497 e. The fraction of sp³-hybridized carbons (Fsp3) is 0.318. The molecule has 1 aromatic heterocycles. The number of hydrogen-bond acceptors (Lipinski definition) is 7. The summed E-state index contributed by atoms with van der Waals surface area (Å²) in [6.45, 7) is 5.53. The molecule has 3 aromatic rings. The predicted molar refractivity (Wildman–Crippen MR) is 116 cm³/mol. The van der Waals surface area contributed by atoms with E-state index >= 15 is 0 Å². The first kappa shape index (κ1) is 21.7. The number of benzene rings is 2. The summed E-state index contributed by atoms with van der Waals surface area (Å²) in [7, 11) is 3.25. The quantitative estimate of drug-likeness (QED) is 0.409. The van der Waals surface area contributed by atoms with Gasteiger partial charge in [0.05, 0.1) is 20.0 Å². The molecule has 0 atom stereocenters. The number of methoxy groups -OCH3 is 2. The maximum Gasteiger partial charge on any atom is 0.316 e. The summed E-state index contributed by atoms with van der Waals surface area (Å²) in [6, 6.07) is 15.2. The third-order valence-electron chi connectivity index (χ3n) is 4.05. The van der Waals surface area contributed by atoms with Gasteiger partial charge in [-0.3, -0.25) is 9.36 Å². The highest BCUT2D eigenvalue weighted by Crippen LogP contribution is 2.30. The van der Waals surface area contributed by atoms with Gasteiger partial charge in [0, 0.05) is 11.3 Å². The Morgan fingerprint density at radius 3 is 2.03 bits per heavy atom. The maximum absolute atomic E-state index is 12.2. The number of ether oxygens (including phenoxy) is 3. The van der Waals surface area contributed by atoms with Crippen molar-refractivity contribution in [3.63, 3.8) is 0 Å². The van der Waals surface area contributed by atoms with Crippen LogP contribution >= 0.6 is 11.8 Å². The smallest absolute Gasteiger partial charge is 0.316 e. The van der Waals surface area contributed by atoms with Crippen molar-refractivity contribution in [3.8, 4) is 28.6 Å². The molecule has 0 radical (unpaired) electrons. The van der Waals surface area contributed by atoms with Gasteiger partial charge in [-0.1, -0.05) is 11.8 Å². The van der Waals surface area contributed by atoms with Gasteiger partial charge in [-0.2, -0.15) is 0 Å². The number of hydrogen-bond donors (Lipinski definition) is 0. The molecule has 0 aliphatic rings. The molecule has 7 nitrogen and oxygen atoms in total. The average Bonchev–Trinajstić information content (AvgIpc) is 3.15. The lowest BCUT2D eigenvalue weighted by molar-refractivity contribution is -0.151. The molecular weight excluding hydrogens is 402 g/mol. The standard InChI is InChI=1S/C22H25N3O4S/c1-22(2,3)29-19(26)14-30-21-24-23-20(15-6-10-17(27-4)11-7-15)25(21)16-8-12-18(28-5)13-9-16/h6-13H,14H2,1-5H3. The Labute approximate surface area is 180 Å². The molecule has 0 aliphatic heterocycles. The average molecular weight is 428 g/mol. The molecule has 0 saturated carbocycles. The molecule has 158 valence electrons. The third-order valence-corrected chi connectivity index (χ3v) is 4.95. The summed E-state index contributed by atoms with van der Waals surface area (Å²) >= 11 is 1.28. The first-order valence-corrected chi connectivity index (χ1v) is 10.4. The molecule has 30 heavy (non-hydrogen) atoms. The van der Waals surface area contributed by atoms with E-state index in [2.05, 4.69) is 10.2 Å². The Bertz CT molecular complexity index is 993. The highest BCUT2D eigenvalue weighted by atomic mass is 32.2. The second kappa shape index (κ2) is 9.21. The molecule has 0 bridgehead atoms. The van der Waals surface area contributed by atoms with Gasteiger partial charge in [-0.25, -0.2) is 0 Å². The molecule has 0 unspecified atom stereocenters. The number of nitrogens with zero attached hydrogens (tertiary/aromatic N) is 3. The van der Waals surface area contributed by atoms with Crippen LogP contribution in [-0.2, 0) is 9.53 Å². The van der Waals surface area contributed by atoms with Gasteiger partial charge in [0.2, 0.25) is 0 Å². The second-order valence-corrected chi connectivity index (χ2v) is 8.39. The summed E-state index contributed by atoms with van der Waals surface area (Å²) in [6.07, 6.45) is 0. The molecule has 8 heteroatoms. The Balaban J connectivity index is 1.95. The van der Waals surface area contributed by atoms with Crippen molar-refractivity contribution in [2.45, 2.75) is 31.5 Å².